The molecule has 0 N–H and O–H groups in total. The number of carbonyl (C=O) groups excluding carboxylic acids is 3. The number of hydrogen-bond donors (Lipinski definition) is 0. The van der Waals surface area contributed by atoms with Crippen LogP contribution in [0.2, 0.25) is 0 Å². The summed E-state index contributed by atoms with van der Waals surface area (Å²) in [4.78, 5) is 38.0. The molecule has 0 saturated heterocycles. The Hall–Kier alpha value is -1.59. The van der Waals surface area contributed by atoms with Crippen molar-refractivity contribution in [1.29, 1.82) is 0 Å². The maximum atomic E-state index is 12.8. The Morgan fingerprint density at radius 2 is 0.541 bits per heavy atom. The van der Waals surface area contributed by atoms with Crippen LogP contribution < -0.4 is 0 Å². The maximum absolute atomic E-state index is 12.8. The van der Waals surface area contributed by atoms with Gasteiger partial charge in [-0.15, -0.1) is 0 Å². The van der Waals surface area contributed by atoms with E-state index in [0.717, 1.165) is 63.7 Å². The van der Waals surface area contributed by atoms with Crippen molar-refractivity contribution < 1.29 is 28.6 Å². The molecular weight excluding hydrogens is 757 g/mol. The van der Waals surface area contributed by atoms with Crippen LogP contribution in [-0.4, -0.2) is 37.2 Å². The molecule has 6 heteroatoms. The molecule has 0 fully saturated rings. The fourth-order valence-corrected chi connectivity index (χ4v) is 8.39. The first-order valence-electron chi connectivity index (χ1n) is 27.4. The Kier molecular flexibility index (Phi) is 48.1. The molecule has 0 heterocycles. The van der Waals surface area contributed by atoms with Crippen LogP contribution in [0.3, 0.4) is 0 Å². The lowest BCUT2D eigenvalue weighted by atomic mass is 10.0. The molecule has 0 aliphatic heterocycles. The van der Waals surface area contributed by atoms with Crippen LogP contribution in [0.15, 0.2) is 0 Å². The minimum absolute atomic E-state index is 0.0622. The van der Waals surface area contributed by atoms with E-state index < -0.39 is 6.10 Å². The Bertz CT molecular complexity index is 918. The molecule has 0 radical (unpaired) electrons. The molecule has 0 bridgehead atoms. The van der Waals surface area contributed by atoms with Gasteiger partial charge in [0, 0.05) is 19.3 Å². The van der Waals surface area contributed by atoms with Gasteiger partial charge < -0.3 is 14.2 Å². The first-order chi connectivity index (χ1) is 29.9. The first-order valence-corrected chi connectivity index (χ1v) is 27.4. The molecule has 0 rings (SSSR count). The van der Waals surface area contributed by atoms with Gasteiger partial charge in [-0.05, 0) is 25.2 Å². The molecule has 0 aliphatic rings. The largest absolute Gasteiger partial charge is 0.462 e. The summed E-state index contributed by atoms with van der Waals surface area (Å²) in [5, 5.41) is 0. The van der Waals surface area contributed by atoms with E-state index in [1.54, 1.807) is 0 Å². The quantitative estimate of drug-likeness (QED) is 0.0344. The highest BCUT2D eigenvalue weighted by Crippen LogP contribution is 2.17. The van der Waals surface area contributed by atoms with Crippen LogP contribution in [-0.2, 0) is 28.6 Å². The number of rotatable bonds is 50. The van der Waals surface area contributed by atoms with Gasteiger partial charge in [0.25, 0.3) is 0 Å². The normalized spacial score (nSPS) is 12.0. The van der Waals surface area contributed by atoms with Crippen molar-refractivity contribution in [2.75, 3.05) is 13.2 Å². The summed E-state index contributed by atoms with van der Waals surface area (Å²) in [5.74, 6) is -0.0128. The SMILES string of the molecule is CCCCCCCCCCCCCCCCCCC(=O)OC[C@@H](COC(=O)CCCCCCCCCCCCCC(C)C)OC(=O)CCCCCCCCCCCCCCC. The van der Waals surface area contributed by atoms with E-state index in [1.807, 2.05) is 0 Å². The molecule has 6 nitrogen and oxygen atoms in total. The molecule has 0 aromatic rings. The zero-order chi connectivity index (χ0) is 44.5. The second kappa shape index (κ2) is 49.4. The van der Waals surface area contributed by atoms with Crippen molar-refractivity contribution in [2.24, 2.45) is 5.92 Å². The van der Waals surface area contributed by atoms with Gasteiger partial charge in [-0.3, -0.25) is 14.4 Å². The molecule has 0 spiro atoms. The van der Waals surface area contributed by atoms with Gasteiger partial charge in [0.15, 0.2) is 6.10 Å². The van der Waals surface area contributed by atoms with E-state index in [-0.39, 0.29) is 31.1 Å². The Balaban J connectivity index is 4.29. The number of esters is 3. The van der Waals surface area contributed by atoms with Crippen LogP contribution in [0.5, 0.6) is 0 Å². The van der Waals surface area contributed by atoms with E-state index >= 15 is 0 Å². The molecule has 0 saturated carbocycles. The lowest BCUT2D eigenvalue weighted by Crippen LogP contribution is -2.30. The molecule has 362 valence electrons. The van der Waals surface area contributed by atoms with E-state index in [9.17, 15) is 14.4 Å². The zero-order valence-electron chi connectivity index (χ0n) is 41.6. The van der Waals surface area contributed by atoms with Crippen LogP contribution in [0.25, 0.3) is 0 Å². The van der Waals surface area contributed by atoms with E-state index in [4.69, 9.17) is 14.2 Å². The van der Waals surface area contributed by atoms with Gasteiger partial charge in [-0.1, -0.05) is 272 Å². The molecular formula is C55H106O6. The fraction of sp³-hybridized carbons (Fsp3) is 0.945. The molecule has 0 amide bonds. The van der Waals surface area contributed by atoms with E-state index in [1.165, 1.54) is 205 Å². The topological polar surface area (TPSA) is 78.9 Å². The Labute approximate surface area is 380 Å². The summed E-state index contributed by atoms with van der Waals surface area (Å²) in [5.41, 5.74) is 0. The predicted octanol–water partition coefficient (Wildman–Crippen LogP) is 17.8. The predicted molar refractivity (Wildman–Crippen MR) is 261 cm³/mol. The highest BCUT2D eigenvalue weighted by Gasteiger charge is 2.19. The van der Waals surface area contributed by atoms with Gasteiger partial charge in [0.2, 0.25) is 0 Å². The first kappa shape index (κ1) is 59.4. The van der Waals surface area contributed by atoms with Crippen molar-refractivity contribution >= 4 is 17.9 Å². The summed E-state index contributed by atoms with van der Waals surface area (Å²) in [6.07, 6.45) is 52.3. The van der Waals surface area contributed by atoms with Gasteiger partial charge >= 0.3 is 17.9 Å². The molecule has 0 aromatic carbocycles. The van der Waals surface area contributed by atoms with Crippen LogP contribution in [0.4, 0.5) is 0 Å². The van der Waals surface area contributed by atoms with Gasteiger partial charge in [0.05, 0.1) is 0 Å². The number of unbranched alkanes of at least 4 members (excludes halogenated alkanes) is 37. The van der Waals surface area contributed by atoms with Gasteiger partial charge in [-0.2, -0.15) is 0 Å². The molecule has 0 aliphatic carbocycles. The van der Waals surface area contributed by atoms with Crippen molar-refractivity contribution in [3.8, 4) is 0 Å². The van der Waals surface area contributed by atoms with E-state index in [2.05, 4.69) is 27.7 Å². The molecule has 1 atom stereocenters. The highest BCUT2D eigenvalue weighted by atomic mass is 16.6. The van der Waals surface area contributed by atoms with Crippen molar-refractivity contribution in [3.63, 3.8) is 0 Å². The Morgan fingerprint density at radius 1 is 0.311 bits per heavy atom. The summed E-state index contributed by atoms with van der Waals surface area (Å²) >= 11 is 0. The van der Waals surface area contributed by atoms with Crippen molar-refractivity contribution in [3.05, 3.63) is 0 Å². The van der Waals surface area contributed by atoms with Crippen LogP contribution >= 0.6 is 0 Å². The third kappa shape index (κ3) is 49.3. The number of hydrogen-bond acceptors (Lipinski definition) is 6. The van der Waals surface area contributed by atoms with Gasteiger partial charge in [-0.25, -0.2) is 0 Å². The third-order valence-corrected chi connectivity index (χ3v) is 12.5. The molecule has 61 heavy (non-hydrogen) atoms. The lowest BCUT2D eigenvalue weighted by molar-refractivity contribution is -0.167. The summed E-state index contributed by atoms with van der Waals surface area (Å²) in [6, 6.07) is 0. The highest BCUT2D eigenvalue weighted by molar-refractivity contribution is 5.71. The Morgan fingerprint density at radius 3 is 0.803 bits per heavy atom. The van der Waals surface area contributed by atoms with Crippen molar-refractivity contribution in [2.45, 2.75) is 316 Å². The average Bonchev–Trinajstić information content (AvgIpc) is 3.24. The van der Waals surface area contributed by atoms with Crippen molar-refractivity contribution in [1.82, 2.24) is 0 Å². The monoisotopic (exact) mass is 863 g/mol. The van der Waals surface area contributed by atoms with E-state index in [0.29, 0.717) is 19.3 Å². The number of ether oxygens (including phenoxy) is 3. The molecule has 0 unspecified atom stereocenters. The zero-order valence-corrected chi connectivity index (χ0v) is 41.6. The summed E-state index contributed by atoms with van der Waals surface area (Å²) < 4.78 is 16.8. The minimum atomic E-state index is -0.761. The summed E-state index contributed by atoms with van der Waals surface area (Å²) in [7, 11) is 0. The average molecular weight is 863 g/mol. The molecule has 0 aromatic heterocycles. The fourth-order valence-electron chi connectivity index (χ4n) is 8.39. The summed E-state index contributed by atoms with van der Waals surface area (Å²) in [6.45, 7) is 9.04. The number of carbonyl (C=O) groups is 3. The van der Waals surface area contributed by atoms with Crippen LogP contribution in [0.1, 0.15) is 310 Å². The maximum Gasteiger partial charge on any atom is 0.306 e. The second-order valence-corrected chi connectivity index (χ2v) is 19.3. The second-order valence-electron chi connectivity index (χ2n) is 19.3. The lowest BCUT2D eigenvalue weighted by Gasteiger charge is -2.18. The van der Waals surface area contributed by atoms with Crippen LogP contribution in [0, 0.1) is 5.92 Å². The minimum Gasteiger partial charge on any atom is -0.462 e. The third-order valence-electron chi connectivity index (χ3n) is 12.5. The van der Waals surface area contributed by atoms with Gasteiger partial charge in [0.1, 0.15) is 13.2 Å². The smallest absolute Gasteiger partial charge is 0.306 e. The standard InChI is InChI=1S/C55H106O6/c1-5-7-9-11-13-15-17-19-20-21-23-26-30-34-38-42-46-53(56)59-49-52(61-55(58)48-44-40-36-32-27-22-18-16-14-12-10-8-6-2)50-60-54(57)47-43-39-35-31-28-24-25-29-33-37-41-45-51(3)4/h51-52H,5-50H2,1-4H3/t52-/m0/s1.